The van der Waals surface area contributed by atoms with Gasteiger partial charge in [-0.2, -0.15) is 0 Å². The van der Waals surface area contributed by atoms with Crippen LogP contribution in [0.25, 0.3) is 11.0 Å². The van der Waals surface area contributed by atoms with Crippen molar-refractivity contribution >= 4 is 23.0 Å². The van der Waals surface area contributed by atoms with Gasteiger partial charge in [0.1, 0.15) is 11.1 Å². The van der Waals surface area contributed by atoms with Gasteiger partial charge in [-0.15, -0.1) is 10.2 Å². The van der Waals surface area contributed by atoms with Crippen LogP contribution in [0.1, 0.15) is 6.42 Å². The second kappa shape index (κ2) is 4.36. The van der Waals surface area contributed by atoms with E-state index in [0.29, 0.717) is 17.9 Å². The molecule has 3 aliphatic rings. The standard InChI is InChI=1S/C15H16N6O/c1-2-4-12-11(3-1)17-13(20-19-12)18-14-16-8-15(22-14)9-21-6-5-10(15)7-21/h1-4,10H,5-9H2,(H,16,17,18,20)/t10-,15+/m1/s1. The molecule has 2 aromatic rings. The van der Waals surface area contributed by atoms with Crippen molar-refractivity contribution in [2.45, 2.75) is 12.0 Å². The number of nitrogens with zero attached hydrogens (tertiary/aromatic N) is 5. The quantitative estimate of drug-likeness (QED) is 0.842. The molecule has 7 heteroatoms. The number of nitrogens with one attached hydrogen (secondary N) is 1. The largest absolute Gasteiger partial charge is 0.455 e. The molecule has 1 aromatic heterocycles. The summed E-state index contributed by atoms with van der Waals surface area (Å²) in [4.78, 5) is 11.4. The lowest BCUT2D eigenvalue weighted by Crippen LogP contribution is -2.46. The number of benzene rings is 1. The average Bonchev–Trinajstić information content (AvgIpc) is 3.24. The maximum Gasteiger partial charge on any atom is 0.292 e. The fourth-order valence-corrected chi connectivity index (χ4v) is 3.77. The topological polar surface area (TPSA) is 75.5 Å². The van der Waals surface area contributed by atoms with Crippen LogP contribution in [0.5, 0.6) is 0 Å². The van der Waals surface area contributed by atoms with Gasteiger partial charge in [0, 0.05) is 19.0 Å². The van der Waals surface area contributed by atoms with Gasteiger partial charge in [-0.25, -0.2) is 9.98 Å². The number of ether oxygens (including phenoxy) is 1. The first-order chi connectivity index (χ1) is 10.8. The summed E-state index contributed by atoms with van der Waals surface area (Å²) in [6.45, 7) is 4.02. The fourth-order valence-electron chi connectivity index (χ4n) is 3.77. The molecule has 2 saturated heterocycles. The molecule has 1 aromatic carbocycles. The van der Waals surface area contributed by atoms with Crippen molar-refractivity contribution in [1.82, 2.24) is 20.1 Å². The molecule has 0 unspecified atom stereocenters. The van der Waals surface area contributed by atoms with E-state index in [9.17, 15) is 0 Å². The molecule has 0 aliphatic carbocycles. The van der Waals surface area contributed by atoms with Crippen molar-refractivity contribution in [3.8, 4) is 0 Å². The molecular weight excluding hydrogens is 280 g/mol. The Kier molecular flexibility index (Phi) is 2.43. The van der Waals surface area contributed by atoms with Gasteiger partial charge in [0.2, 0.25) is 0 Å². The molecule has 3 aliphatic heterocycles. The summed E-state index contributed by atoms with van der Waals surface area (Å²) in [7, 11) is 0. The number of anilines is 1. The third-order valence-electron chi connectivity index (χ3n) is 4.88. The zero-order chi connectivity index (χ0) is 14.6. The molecule has 22 heavy (non-hydrogen) atoms. The Morgan fingerprint density at radius 2 is 2.14 bits per heavy atom. The number of hydrogen-bond donors (Lipinski definition) is 1. The van der Waals surface area contributed by atoms with Gasteiger partial charge in [0.05, 0.1) is 12.1 Å². The summed E-state index contributed by atoms with van der Waals surface area (Å²) in [5, 5.41) is 11.3. The minimum Gasteiger partial charge on any atom is -0.455 e. The first-order valence-corrected chi connectivity index (χ1v) is 7.63. The molecule has 0 saturated carbocycles. The lowest BCUT2D eigenvalue weighted by molar-refractivity contribution is 0.0363. The van der Waals surface area contributed by atoms with Crippen LogP contribution in [0, 0.1) is 5.92 Å². The normalized spacial score (nSPS) is 32.5. The van der Waals surface area contributed by atoms with E-state index in [1.807, 2.05) is 24.3 Å². The summed E-state index contributed by atoms with van der Waals surface area (Å²) < 4.78 is 6.15. The predicted molar refractivity (Wildman–Crippen MR) is 81.6 cm³/mol. The maximum absolute atomic E-state index is 6.15. The highest BCUT2D eigenvalue weighted by Crippen LogP contribution is 2.41. The lowest BCUT2D eigenvalue weighted by Gasteiger charge is -2.31. The van der Waals surface area contributed by atoms with Crippen LogP contribution in [0.4, 0.5) is 5.95 Å². The highest BCUT2D eigenvalue weighted by Gasteiger charge is 2.54. The Morgan fingerprint density at radius 1 is 1.23 bits per heavy atom. The molecule has 3 atom stereocenters. The molecule has 5 rings (SSSR count). The molecule has 112 valence electrons. The van der Waals surface area contributed by atoms with Crippen molar-refractivity contribution in [1.29, 1.82) is 0 Å². The van der Waals surface area contributed by atoms with Gasteiger partial charge in [-0.05, 0) is 25.1 Å². The van der Waals surface area contributed by atoms with Crippen LogP contribution < -0.4 is 5.32 Å². The first kappa shape index (κ1) is 12.3. The highest BCUT2D eigenvalue weighted by molar-refractivity contribution is 5.89. The van der Waals surface area contributed by atoms with E-state index in [0.717, 1.165) is 30.7 Å². The molecule has 1 spiro atoms. The van der Waals surface area contributed by atoms with Crippen molar-refractivity contribution in [3.05, 3.63) is 24.3 Å². The molecule has 7 nitrogen and oxygen atoms in total. The number of aliphatic imine (C=N–C) groups is 1. The summed E-state index contributed by atoms with van der Waals surface area (Å²) in [6.07, 6.45) is 1.21. The predicted octanol–water partition coefficient (Wildman–Crippen LogP) is 0.897. The van der Waals surface area contributed by atoms with E-state index in [1.54, 1.807) is 0 Å². The summed E-state index contributed by atoms with van der Waals surface area (Å²) >= 11 is 0. The van der Waals surface area contributed by atoms with Crippen LogP contribution in [-0.4, -0.2) is 57.9 Å². The molecule has 2 bridgehead atoms. The number of piperidine rings is 1. The van der Waals surface area contributed by atoms with Gasteiger partial charge in [0.15, 0.2) is 0 Å². The molecule has 0 amide bonds. The Labute approximate surface area is 127 Å². The van der Waals surface area contributed by atoms with Gasteiger partial charge >= 0.3 is 0 Å². The van der Waals surface area contributed by atoms with Crippen LogP contribution in [-0.2, 0) is 4.74 Å². The summed E-state index contributed by atoms with van der Waals surface area (Å²) in [6, 6.07) is 8.18. The number of fused-ring (bicyclic) bond motifs is 4. The number of hydrogen-bond acceptors (Lipinski definition) is 7. The zero-order valence-electron chi connectivity index (χ0n) is 12.1. The van der Waals surface area contributed by atoms with Gasteiger partial charge in [-0.1, -0.05) is 12.1 Å². The van der Waals surface area contributed by atoms with Gasteiger partial charge < -0.3 is 4.74 Å². The van der Waals surface area contributed by atoms with Crippen LogP contribution in [0.3, 0.4) is 0 Å². The minimum atomic E-state index is -0.134. The summed E-state index contributed by atoms with van der Waals surface area (Å²) in [5.74, 6) is 1.02. The number of amidine groups is 1. The minimum absolute atomic E-state index is 0.134. The third-order valence-corrected chi connectivity index (χ3v) is 4.88. The number of rotatable bonds is 1. The van der Waals surface area contributed by atoms with E-state index in [4.69, 9.17) is 4.74 Å². The smallest absolute Gasteiger partial charge is 0.292 e. The average molecular weight is 296 g/mol. The molecule has 4 heterocycles. The second-order valence-electron chi connectivity index (χ2n) is 6.26. The van der Waals surface area contributed by atoms with Crippen molar-refractivity contribution in [2.24, 2.45) is 10.9 Å². The van der Waals surface area contributed by atoms with E-state index in [-0.39, 0.29) is 5.60 Å². The van der Waals surface area contributed by atoms with E-state index >= 15 is 0 Å². The maximum atomic E-state index is 6.15. The Bertz CT molecular complexity index is 777. The van der Waals surface area contributed by atoms with E-state index in [1.165, 1.54) is 13.0 Å². The summed E-state index contributed by atoms with van der Waals surface area (Å²) in [5.41, 5.74) is 1.45. The number of aromatic nitrogens is 3. The van der Waals surface area contributed by atoms with Crippen LogP contribution in [0.2, 0.25) is 0 Å². The van der Waals surface area contributed by atoms with Gasteiger partial charge in [0.25, 0.3) is 12.0 Å². The lowest BCUT2D eigenvalue weighted by atomic mass is 9.88. The fraction of sp³-hybridized carbons (Fsp3) is 0.467. The Balaban J connectivity index is 1.36. The van der Waals surface area contributed by atoms with Crippen molar-refractivity contribution in [2.75, 3.05) is 31.5 Å². The molecule has 1 N–H and O–H groups in total. The second-order valence-corrected chi connectivity index (χ2v) is 6.26. The number of para-hydroxylation sites is 1. The first-order valence-electron chi connectivity index (χ1n) is 7.63. The van der Waals surface area contributed by atoms with E-state index in [2.05, 4.69) is 30.4 Å². The monoisotopic (exact) mass is 296 g/mol. The third kappa shape index (κ3) is 1.78. The Morgan fingerprint density at radius 3 is 2.95 bits per heavy atom. The molecule has 2 fully saturated rings. The van der Waals surface area contributed by atoms with Crippen LogP contribution in [0.15, 0.2) is 29.3 Å². The van der Waals surface area contributed by atoms with Crippen molar-refractivity contribution < 1.29 is 4.74 Å². The molecule has 0 radical (unpaired) electrons. The molecular formula is C15H16N6O. The highest BCUT2D eigenvalue weighted by atomic mass is 16.5. The van der Waals surface area contributed by atoms with Crippen molar-refractivity contribution in [3.63, 3.8) is 0 Å². The van der Waals surface area contributed by atoms with Gasteiger partial charge in [-0.3, -0.25) is 10.2 Å². The van der Waals surface area contributed by atoms with Crippen LogP contribution >= 0.6 is 0 Å². The SMILES string of the molecule is c1ccc2nc(NC3=NC[C@@]4(C[N@@]5CC[C@@H]4C5)O3)nnc2c1. The van der Waals surface area contributed by atoms with E-state index < -0.39 is 0 Å². The Hall–Kier alpha value is -2.28. The zero-order valence-corrected chi connectivity index (χ0v) is 12.1.